The van der Waals surface area contributed by atoms with Crippen LogP contribution in [0.1, 0.15) is 60.8 Å². The van der Waals surface area contributed by atoms with Gasteiger partial charge in [-0.05, 0) is 32.1 Å². The summed E-state index contributed by atoms with van der Waals surface area (Å²) >= 11 is 0. The van der Waals surface area contributed by atoms with E-state index in [-0.39, 0.29) is 5.54 Å². The highest BCUT2D eigenvalue weighted by Gasteiger charge is 2.33. The van der Waals surface area contributed by atoms with Gasteiger partial charge in [-0.1, -0.05) is 40.5 Å². The van der Waals surface area contributed by atoms with E-state index >= 15 is 0 Å². The maximum absolute atomic E-state index is 3.71. The average Bonchev–Trinajstić information content (AvgIpc) is 2.28. The molecule has 0 spiro atoms. The van der Waals surface area contributed by atoms with Crippen molar-refractivity contribution in [3.05, 3.63) is 0 Å². The van der Waals surface area contributed by atoms with Crippen LogP contribution in [0.4, 0.5) is 0 Å². The summed E-state index contributed by atoms with van der Waals surface area (Å²) in [6.45, 7) is 17.7. The van der Waals surface area contributed by atoms with Crippen LogP contribution >= 0.6 is 0 Å². The van der Waals surface area contributed by atoms with Crippen molar-refractivity contribution in [2.45, 2.75) is 72.4 Å². The van der Waals surface area contributed by atoms with E-state index in [0.29, 0.717) is 0 Å². The van der Waals surface area contributed by atoms with Crippen LogP contribution in [-0.4, -0.2) is 36.1 Å². The Hall–Kier alpha value is -0.0800. The number of nitrogens with zero attached hydrogens (tertiary/aromatic N) is 1. The molecular weight excluding hydrogens is 220 g/mol. The second-order valence-electron chi connectivity index (χ2n) is 7.16. The van der Waals surface area contributed by atoms with Gasteiger partial charge in [-0.15, -0.1) is 0 Å². The van der Waals surface area contributed by atoms with E-state index in [4.69, 9.17) is 0 Å². The molecule has 2 nitrogen and oxygen atoms in total. The zero-order valence-electron chi connectivity index (χ0n) is 13.4. The molecule has 0 saturated carbocycles. The lowest BCUT2D eigenvalue weighted by molar-refractivity contribution is 0.0664. The van der Waals surface area contributed by atoms with E-state index in [0.717, 1.165) is 24.4 Å². The Morgan fingerprint density at radius 3 is 2.33 bits per heavy atom. The van der Waals surface area contributed by atoms with Gasteiger partial charge in [0.05, 0.1) is 0 Å². The van der Waals surface area contributed by atoms with Crippen molar-refractivity contribution in [3.8, 4) is 0 Å². The first-order valence-electron chi connectivity index (χ1n) is 7.87. The zero-order chi connectivity index (χ0) is 13.8. The third-order valence-electron chi connectivity index (χ3n) is 4.32. The normalized spacial score (nSPS) is 25.0. The summed E-state index contributed by atoms with van der Waals surface area (Å²) in [6, 6.07) is 0.735. The minimum Gasteiger partial charge on any atom is -0.309 e. The summed E-state index contributed by atoms with van der Waals surface area (Å²) in [6.07, 6.45) is 3.95. The summed E-state index contributed by atoms with van der Waals surface area (Å²) < 4.78 is 0. The summed E-state index contributed by atoms with van der Waals surface area (Å²) in [5.41, 5.74) is 0.277. The molecule has 1 unspecified atom stereocenters. The molecule has 2 heteroatoms. The minimum atomic E-state index is 0.277. The molecule has 1 heterocycles. The minimum absolute atomic E-state index is 0.277. The molecule has 1 aliphatic heterocycles. The summed E-state index contributed by atoms with van der Waals surface area (Å²) in [7, 11) is 0. The van der Waals surface area contributed by atoms with Gasteiger partial charge in [0.15, 0.2) is 0 Å². The SMILES string of the molecule is CCC(CC)CN1CC(C)(C)NCC1CC(C)C. The van der Waals surface area contributed by atoms with E-state index in [2.05, 4.69) is 51.8 Å². The lowest BCUT2D eigenvalue weighted by Gasteiger charge is -2.46. The molecule has 1 fully saturated rings. The Kier molecular flexibility index (Phi) is 6.13. The third kappa shape index (κ3) is 4.89. The van der Waals surface area contributed by atoms with Gasteiger partial charge in [-0.2, -0.15) is 0 Å². The van der Waals surface area contributed by atoms with E-state index < -0.39 is 0 Å². The first-order valence-corrected chi connectivity index (χ1v) is 7.87. The number of rotatable bonds is 6. The Morgan fingerprint density at radius 2 is 1.83 bits per heavy atom. The van der Waals surface area contributed by atoms with E-state index in [1.165, 1.54) is 32.4 Å². The molecular formula is C16H34N2. The highest BCUT2D eigenvalue weighted by Crippen LogP contribution is 2.22. The predicted molar refractivity (Wildman–Crippen MR) is 81.0 cm³/mol. The van der Waals surface area contributed by atoms with Crippen LogP contribution in [0.15, 0.2) is 0 Å². The van der Waals surface area contributed by atoms with Gasteiger partial charge < -0.3 is 5.32 Å². The molecule has 108 valence electrons. The molecule has 0 aliphatic carbocycles. The number of piperazine rings is 1. The lowest BCUT2D eigenvalue weighted by Crippen LogP contribution is -2.62. The average molecular weight is 254 g/mol. The van der Waals surface area contributed by atoms with Crippen LogP contribution in [0.2, 0.25) is 0 Å². The van der Waals surface area contributed by atoms with Crippen molar-refractivity contribution in [1.29, 1.82) is 0 Å². The molecule has 1 aliphatic rings. The van der Waals surface area contributed by atoms with Crippen molar-refractivity contribution in [3.63, 3.8) is 0 Å². The molecule has 1 rings (SSSR count). The Balaban J connectivity index is 2.64. The summed E-state index contributed by atoms with van der Waals surface area (Å²) in [5.74, 6) is 1.66. The topological polar surface area (TPSA) is 15.3 Å². The van der Waals surface area contributed by atoms with Crippen LogP contribution in [0.3, 0.4) is 0 Å². The van der Waals surface area contributed by atoms with Gasteiger partial charge in [0, 0.05) is 31.2 Å². The van der Waals surface area contributed by atoms with Gasteiger partial charge >= 0.3 is 0 Å². The van der Waals surface area contributed by atoms with Gasteiger partial charge in [0.2, 0.25) is 0 Å². The zero-order valence-corrected chi connectivity index (χ0v) is 13.4. The van der Waals surface area contributed by atoms with Gasteiger partial charge in [-0.25, -0.2) is 0 Å². The van der Waals surface area contributed by atoms with E-state index in [1.807, 2.05) is 0 Å². The summed E-state index contributed by atoms with van der Waals surface area (Å²) in [5, 5.41) is 3.71. The van der Waals surface area contributed by atoms with Crippen molar-refractivity contribution < 1.29 is 0 Å². The maximum Gasteiger partial charge on any atom is 0.0252 e. The monoisotopic (exact) mass is 254 g/mol. The fraction of sp³-hybridized carbons (Fsp3) is 1.00. The van der Waals surface area contributed by atoms with E-state index in [9.17, 15) is 0 Å². The van der Waals surface area contributed by atoms with Gasteiger partial charge in [0.1, 0.15) is 0 Å². The number of hydrogen-bond acceptors (Lipinski definition) is 2. The highest BCUT2D eigenvalue weighted by molar-refractivity contribution is 4.93. The first kappa shape index (κ1) is 16.0. The fourth-order valence-electron chi connectivity index (χ4n) is 3.08. The molecule has 0 amide bonds. The second-order valence-corrected chi connectivity index (χ2v) is 7.16. The highest BCUT2D eigenvalue weighted by atomic mass is 15.2. The Labute approximate surface area is 115 Å². The summed E-state index contributed by atoms with van der Waals surface area (Å²) in [4.78, 5) is 2.76. The maximum atomic E-state index is 3.71. The fourth-order valence-corrected chi connectivity index (χ4v) is 3.08. The van der Waals surface area contributed by atoms with Crippen molar-refractivity contribution in [1.82, 2.24) is 10.2 Å². The largest absolute Gasteiger partial charge is 0.309 e. The second kappa shape index (κ2) is 6.91. The van der Waals surface area contributed by atoms with Gasteiger partial charge in [-0.3, -0.25) is 4.90 Å². The molecule has 0 aromatic carbocycles. The molecule has 0 bridgehead atoms. The van der Waals surface area contributed by atoms with Crippen molar-refractivity contribution >= 4 is 0 Å². The van der Waals surface area contributed by atoms with Crippen molar-refractivity contribution in [2.24, 2.45) is 11.8 Å². The van der Waals surface area contributed by atoms with Crippen LogP contribution in [0.25, 0.3) is 0 Å². The number of hydrogen-bond donors (Lipinski definition) is 1. The van der Waals surface area contributed by atoms with Gasteiger partial charge in [0.25, 0.3) is 0 Å². The molecule has 0 aromatic rings. The van der Waals surface area contributed by atoms with Crippen LogP contribution in [0, 0.1) is 11.8 Å². The standard InChI is InChI=1S/C16H34N2/c1-7-14(8-2)11-18-12-16(5,6)17-10-15(18)9-13(3)4/h13-15,17H,7-12H2,1-6H3. The van der Waals surface area contributed by atoms with Crippen molar-refractivity contribution in [2.75, 3.05) is 19.6 Å². The molecule has 0 aromatic heterocycles. The molecule has 0 radical (unpaired) electrons. The van der Waals surface area contributed by atoms with E-state index in [1.54, 1.807) is 0 Å². The molecule has 1 N–H and O–H groups in total. The first-order chi connectivity index (χ1) is 8.38. The van der Waals surface area contributed by atoms with Crippen LogP contribution in [-0.2, 0) is 0 Å². The molecule has 1 saturated heterocycles. The Morgan fingerprint density at radius 1 is 1.22 bits per heavy atom. The number of nitrogens with one attached hydrogen (secondary N) is 1. The smallest absolute Gasteiger partial charge is 0.0252 e. The lowest BCUT2D eigenvalue weighted by atomic mass is 9.92. The molecule has 18 heavy (non-hydrogen) atoms. The predicted octanol–water partition coefficient (Wildman–Crippen LogP) is 3.52. The Bertz CT molecular complexity index is 231. The van der Waals surface area contributed by atoms with Crippen LogP contribution < -0.4 is 5.32 Å². The quantitative estimate of drug-likeness (QED) is 0.780. The molecule has 1 atom stereocenters. The van der Waals surface area contributed by atoms with Crippen LogP contribution in [0.5, 0.6) is 0 Å². The third-order valence-corrected chi connectivity index (χ3v) is 4.32.